The molecule has 0 radical (unpaired) electrons. The van der Waals surface area contributed by atoms with Gasteiger partial charge in [0, 0.05) is 23.3 Å². The van der Waals surface area contributed by atoms with Crippen LogP contribution in [0.3, 0.4) is 0 Å². The van der Waals surface area contributed by atoms with Crippen molar-refractivity contribution in [3.8, 4) is 11.3 Å². The first-order valence-corrected chi connectivity index (χ1v) is 10.0. The van der Waals surface area contributed by atoms with Crippen LogP contribution < -0.4 is 0 Å². The Bertz CT molecular complexity index is 1110. The fourth-order valence-electron chi connectivity index (χ4n) is 2.75. The van der Waals surface area contributed by atoms with Crippen LogP contribution in [0.5, 0.6) is 0 Å². The molecule has 0 atom stereocenters. The van der Waals surface area contributed by atoms with Crippen molar-refractivity contribution in [2.75, 3.05) is 12.5 Å². The second kappa shape index (κ2) is 6.44. The molecule has 25 heavy (non-hydrogen) atoms. The predicted molar refractivity (Wildman–Crippen MR) is 100 cm³/mol. The second-order valence-electron chi connectivity index (χ2n) is 5.09. The van der Waals surface area contributed by atoms with Crippen molar-refractivity contribution in [1.82, 2.24) is 24.3 Å². The van der Waals surface area contributed by atoms with Crippen LogP contribution in [0, 0.1) is 5.82 Å². The Morgan fingerprint density at radius 2 is 1.88 bits per heavy atom. The molecule has 4 aromatic heterocycles. The first-order valence-electron chi connectivity index (χ1n) is 7.20. The average molecular weight is 392 g/mol. The Morgan fingerprint density at radius 3 is 2.64 bits per heavy atom. The summed E-state index contributed by atoms with van der Waals surface area (Å²) in [6.45, 7) is 0. The first kappa shape index (κ1) is 16.6. The van der Waals surface area contributed by atoms with E-state index < -0.39 is 5.82 Å². The van der Waals surface area contributed by atoms with Crippen molar-refractivity contribution in [3.63, 3.8) is 0 Å². The zero-order chi connectivity index (χ0) is 17.6. The summed E-state index contributed by atoms with van der Waals surface area (Å²) in [6.07, 6.45) is 7.25. The minimum absolute atomic E-state index is 0.165. The van der Waals surface area contributed by atoms with E-state index in [0.29, 0.717) is 21.9 Å². The molecule has 0 saturated heterocycles. The van der Waals surface area contributed by atoms with E-state index >= 15 is 0 Å². The Kier molecular flexibility index (Phi) is 4.26. The van der Waals surface area contributed by atoms with E-state index in [1.165, 1.54) is 29.6 Å². The van der Waals surface area contributed by atoms with Gasteiger partial charge in [0.1, 0.15) is 5.65 Å². The molecule has 4 rings (SSSR count). The topological polar surface area (TPSA) is 56.0 Å². The third-order valence-electron chi connectivity index (χ3n) is 3.75. The number of pyridine rings is 1. The molecule has 0 spiro atoms. The van der Waals surface area contributed by atoms with Crippen molar-refractivity contribution in [3.05, 3.63) is 41.6 Å². The smallest absolute Gasteiger partial charge is 0.187 e. The summed E-state index contributed by atoms with van der Waals surface area (Å²) in [7, 11) is 0. The van der Waals surface area contributed by atoms with Crippen LogP contribution in [-0.4, -0.2) is 36.8 Å². The second-order valence-corrected chi connectivity index (χ2v) is 6.99. The molecule has 0 aliphatic heterocycles. The molecule has 126 valence electrons. The fraction of sp³-hybridized carbons (Fsp3) is 0.125. The lowest BCUT2D eigenvalue weighted by atomic mass is 10.1. The number of halogens is 2. The van der Waals surface area contributed by atoms with Crippen LogP contribution in [0.1, 0.15) is 0 Å². The molecule has 0 unspecified atom stereocenters. The number of hydrogen-bond donors (Lipinski definition) is 0. The molecule has 0 N–H and O–H groups in total. The van der Waals surface area contributed by atoms with Crippen LogP contribution in [0.4, 0.5) is 4.39 Å². The molecule has 0 aliphatic rings. The summed E-state index contributed by atoms with van der Waals surface area (Å²) < 4.78 is 16.0. The maximum Gasteiger partial charge on any atom is 0.187 e. The van der Waals surface area contributed by atoms with E-state index in [4.69, 9.17) is 11.6 Å². The van der Waals surface area contributed by atoms with E-state index in [0.717, 1.165) is 16.2 Å². The van der Waals surface area contributed by atoms with Crippen molar-refractivity contribution >= 4 is 51.7 Å². The van der Waals surface area contributed by atoms with Gasteiger partial charge in [0.25, 0.3) is 0 Å². The molecule has 0 fully saturated rings. The molecule has 0 saturated carbocycles. The Hall–Kier alpha value is -1.90. The molecule has 9 heteroatoms. The lowest BCUT2D eigenvalue weighted by Gasteiger charge is -2.04. The Labute approximate surface area is 156 Å². The highest BCUT2D eigenvalue weighted by Gasteiger charge is 2.20. The van der Waals surface area contributed by atoms with Crippen LogP contribution in [0.2, 0.25) is 5.15 Å². The molecule has 0 bridgehead atoms. The van der Waals surface area contributed by atoms with E-state index in [1.54, 1.807) is 18.5 Å². The summed E-state index contributed by atoms with van der Waals surface area (Å²) in [6, 6.07) is 5.07. The van der Waals surface area contributed by atoms with Gasteiger partial charge in [-0.15, -0.1) is 0 Å². The summed E-state index contributed by atoms with van der Waals surface area (Å²) >= 11 is 8.86. The Morgan fingerprint density at radius 1 is 1.08 bits per heavy atom. The zero-order valence-corrected chi connectivity index (χ0v) is 15.6. The molecule has 5 nitrogen and oxygen atoms in total. The van der Waals surface area contributed by atoms with Gasteiger partial charge in [-0.3, -0.25) is 4.40 Å². The number of fused-ring (bicyclic) bond motifs is 3. The maximum atomic E-state index is 14.1. The fourth-order valence-corrected chi connectivity index (χ4v) is 3.77. The van der Waals surface area contributed by atoms with Crippen molar-refractivity contribution in [2.45, 2.75) is 10.3 Å². The van der Waals surface area contributed by atoms with Crippen molar-refractivity contribution in [1.29, 1.82) is 0 Å². The van der Waals surface area contributed by atoms with Crippen LogP contribution in [0.15, 0.2) is 40.9 Å². The van der Waals surface area contributed by atoms with Gasteiger partial charge in [-0.1, -0.05) is 35.1 Å². The summed E-state index contributed by atoms with van der Waals surface area (Å²) in [5.41, 5.74) is 2.88. The third kappa shape index (κ3) is 2.65. The lowest BCUT2D eigenvalue weighted by molar-refractivity contribution is 0.624. The number of rotatable bonds is 3. The third-order valence-corrected chi connectivity index (χ3v) is 5.23. The summed E-state index contributed by atoms with van der Waals surface area (Å²) in [4.78, 5) is 17.4. The Balaban J connectivity index is 2.20. The molecular formula is C16H11ClFN5S2. The average Bonchev–Trinajstić information content (AvgIpc) is 2.95. The van der Waals surface area contributed by atoms with Crippen LogP contribution >= 0.6 is 35.1 Å². The number of hydrogen-bond acceptors (Lipinski definition) is 6. The van der Waals surface area contributed by atoms with Crippen LogP contribution in [0.25, 0.3) is 27.8 Å². The lowest BCUT2D eigenvalue weighted by Crippen LogP contribution is -1.95. The normalized spacial score (nSPS) is 11.5. The quantitative estimate of drug-likeness (QED) is 0.289. The minimum atomic E-state index is -0.566. The van der Waals surface area contributed by atoms with Gasteiger partial charge in [-0.25, -0.2) is 24.3 Å². The highest BCUT2D eigenvalue weighted by molar-refractivity contribution is 7.98. The molecular weight excluding hydrogens is 381 g/mol. The standard InChI is InChI=1S/C16H11ClFN5S2/c1-24-15-19-5-3-10(21-15)12-8-7-9(18)13(17)22-14(8)23-11(12)4-6-20-16(23)25-2/h3-7H,1-2H3. The molecule has 0 aliphatic carbocycles. The van der Waals surface area contributed by atoms with Gasteiger partial charge in [-0.05, 0) is 30.7 Å². The molecule has 4 heterocycles. The van der Waals surface area contributed by atoms with Crippen LogP contribution in [-0.2, 0) is 0 Å². The highest BCUT2D eigenvalue weighted by atomic mass is 35.5. The zero-order valence-electron chi connectivity index (χ0n) is 13.2. The number of aromatic nitrogens is 5. The van der Waals surface area contributed by atoms with E-state index in [2.05, 4.69) is 19.9 Å². The van der Waals surface area contributed by atoms with Gasteiger partial charge >= 0.3 is 0 Å². The molecule has 4 aromatic rings. The monoisotopic (exact) mass is 391 g/mol. The van der Waals surface area contributed by atoms with Crippen molar-refractivity contribution < 1.29 is 4.39 Å². The van der Waals surface area contributed by atoms with Crippen molar-refractivity contribution in [2.24, 2.45) is 0 Å². The number of nitrogens with zero attached hydrogens (tertiary/aromatic N) is 5. The minimum Gasteiger partial charge on any atom is -0.272 e. The predicted octanol–water partition coefficient (Wildman–Crippen LogP) is 4.58. The van der Waals surface area contributed by atoms with E-state index in [1.807, 2.05) is 23.0 Å². The molecule has 0 amide bonds. The maximum absolute atomic E-state index is 14.1. The van der Waals surface area contributed by atoms with E-state index in [-0.39, 0.29) is 5.15 Å². The summed E-state index contributed by atoms with van der Waals surface area (Å²) in [5.74, 6) is -0.566. The molecule has 0 aromatic carbocycles. The first-order chi connectivity index (χ1) is 12.1. The number of thioether (sulfide) groups is 2. The van der Waals surface area contributed by atoms with Gasteiger partial charge in [0.05, 0.1) is 11.2 Å². The van der Waals surface area contributed by atoms with Gasteiger partial charge < -0.3 is 0 Å². The van der Waals surface area contributed by atoms with Gasteiger partial charge in [0.2, 0.25) is 0 Å². The highest BCUT2D eigenvalue weighted by Crippen LogP contribution is 2.37. The van der Waals surface area contributed by atoms with Gasteiger partial charge in [-0.2, -0.15) is 0 Å². The largest absolute Gasteiger partial charge is 0.272 e. The van der Waals surface area contributed by atoms with Gasteiger partial charge in [0.15, 0.2) is 21.3 Å². The van der Waals surface area contributed by atoms with E-state index in [9.17, 15) is 4.39 Å². The summed E-state index contributed by atoms with van der Waals surface area (Å²) in [5, 5.41) is 1.85. The SMILES string of the molecule is CSc1nccc(-c2c3cc(F)c(Cl)nc3n3c(SC)nccc23)n1.